The van der Waals surface area contributed by atoms with Crippen molar-refractivity contribution in [2.24, 2.45) is 0 Å². The number of hydrogen-bond donors (Lipinski definition) is 0. The van der Waals surface area contributed by atoms with Crippen LogP contribution < -0.4 is 5.59 Å². The van der Waals surface area contributed by atoms with Gasteiger partial charge in [0.2, 0.25) is 0 Å². The van der Waals surface area contributed by atoms with E-state index in [0.29, 0.717) is 5.59 Å². The van der Waals surface area contributed by atoms with Crippen molar-refractivity contribution in [3.8, 4) is 0 Å². The summed E-state index contributed by atoms with van der Waals surface area (Å²) in [5, 5.41) is 4.05. The van der Waals surface area contributed by atoms with E-state index in [1.54, 1.807) is 6.07 Å². The SMILES string of the molecule is CC1(C)OB(c2ccn(CC(F)F)n2)OC1(C)C. The fourth-order valence-electron chi connectivity index (χ4n) is 1.71. The van der Waals surface area contributed by atoms with Crippen LogP contribution >= 0.6 is 0 Å². The Morgan fingerprint density at radius 3 is 2.33 bits per heavy atom. The molecule has 1 saturated heterocycles. The fourth-order valence-corrected chi connectivity index (χ4v) is 1.71. The molecule has 7 heteroatoms. The Hall–Kier alpha value is -0.945. The predicted molar refractivity (Wildman–Crippen MR) is 63.9 cm³/mol. The number of alkyl halides is 2. The Bertz CT molecular complexity index is 418. The van der Waals surface area contributed by atoms with Gasteiger partial charge in [-0.15, -0.1) is 0 Å². The zero-order chi connectivity index (χ0) is 13.6. The van der Waals surface area contributed by atoms with Gasteiger partial charge in [0.05, 0.1) is 16.8 Å². The first-order valence-corrected chi connectivity index (χ1v) is 5.88. The molecule has 18 heavy (non-hydrogen) atoms. The van der Waals surface area contributed by atoms with Crippen molar-refractivity contribution >= 4 is 12.7 Å². The average molecular weight is 258 g/mol. The summed E-state index contributed by atoms with van der Waals surface area (Å²) in [6.07, 6.45) is -0.914. The van der Waals surface area contributed by atoms with Crippen molar-refractivity contribution in [3.63, 3.8) is 0 Å². The molecule has 2 heterocycles. The van der Waals surface area contributed by atoms with Crippen molar-refractivity contribution in [2.75, 3.05) is 0 Å². The van der Waals surface area contributed by atoms with Crippen LogP contribution in [0, 0.1) is 0 Å². The second kappa shape index (κ2) is 4.31. The smallest absolute Gasteiger partial charge is 0.398 e. The molecule has 0 aliphatic carbocycles. The molecule has 0 spiro atoms. The van der Waals surface area contributed by atoms with E-state index in [2.05, 4.69) is 5.10 Å². The van der Waals surface area contributed by atoms with Gasteiger partial charge in [-0.2, -0.15) is 5.10 Å². The molecule has 2 rings (SSSR count). The highest BCUT2D eigenvalue weighted by molar-refractivity contribution is 6.61. The van der Waals surface area contributed by atoms with Crippen LogP contribution in [0.3, 0.4) is 0 Å². The molecule has 1 aliphatic rings. The molecule has 1 fully saturated rings. The zero-order valence-electron chi connectivity index (χ0n) is 11.0. The molecule has 100 valence electrons. The van der Waals surface area contributed by atoms with Gasteiger partial charge in [0.25, 0.3) is 6.43 Å². The quantitative estimate of drug-likeness (QED) is 0.770. The second-order valence-electron chi connectivity index (χ2n) is 5.44. The van der Waals surface area contributed by atoms with Gasteiger partial charge >= 0.3 is 7.12 Å². The van der Waals surface area contributed by atoms with E-state index in [-0.39, 0.29) is 0 Å². The van der Waals surface area contributed by atoms with Crippen LogP contribution in [0.25, 0.3) is 0 Å². The summed E-state index contributed by atoms with van der Waals surface area (Å²) in [5.41, 5.74) is -0.386. The molecule has 0 unspecified atom stereocenters. The van der Waals surface area contributed by atoms with Crippen molar-refractivity contribution in [3.05, 3.63) is 12.3 Å². The molecule has 1 aromatic rings. The topological polar surface area (TPSA) is 36.3 Å². The minimum atomic E-state index is -2.42. The normalized spacial score (nSPS) is 21.8. The van der Waals surface area contributed by atoms with Crippen LogP contribution in [-0.4, -0.2) is 34.5 Å². The summed E-state index contributed by atoms with van der Waals surface area (Å²) in [7, 11) is -0.603. The highest BCUT2D eigenvalue weighted by atomic mass is 19.3. The molecule has 0 aromatic carbocycles. The van der Waals surface area contributed by atoms with Gasteiger partial charge < -0.3 is 9.31 Å². The minimum absolute atomic E-state index is 0.417. The van der Waals surface area contributed by atoms with Crippen molar-refractivity contribution in [2.45, 2.75) is 51.9 Å². The third kappa shape index (κ3) is 2.42. The Kier molecular flexibility index (Phi) is 3.23. The van der Waals surface area contributed by atoms with Crippen LogP contribution in [-0.2, 0) is 15.9 Å². The van der Waals surface area contributed by atoms with Gasteiger partial charge in [-0.05, 0) is 33.8 Å². The van der Waals surface area contributed by atoms with Crippen LogP contribution in [0.1, 0.15) is 27.7 Å². The fraction of sp³-hybridized carbons (Fsp3) is 0.727. The third-order valence-corrected chi connectivity index (χ3v) is 3.48. The number of hydrogen-bond acceptors (Lipinski definition) is 3. The number of rotatable bonds is 3. The molecule has 0 N–H and O–H groups in total. The van der Waals surface area contributed by atoms with Crippen LogP contribution in [0.15, 0.2) is 12.3 Å². The monoisotopic (exact) mass is 258 g/mol. The van der Waals surface area contributed by atoms with Gasteiger partial charge in [-0.3, -0.25) is 4.68 Å². The minimum Gasteiger partial charge on any atom is -0.398 e. The summed E-state index contributed by atoms with van der Waals surface area (Å²) in [4.78, 5) is 0. The van der Waals surface area contributed by atoms with Gasteiger partial charge in [0, 0.05) is 6.20 Å². The molecule has 0 saturated carbocycles. The molecule has 0 bridgehead atoms. The van der Waals surface area contributed by atoms with Gasteiger partial charge in [-0.25, -0.2) is 8.78 Å². The Balaban J connectivity index is 2.12. The van der Waals surface area contributed by atoms with Crippen LogP contribution in [0.4, 0.5) is 8.78 Å². The standard InChI is InChI=1S/C11H17BF2N2O2/c1-10(2)11(3,4)18-12(17-10)8-5-6-16(15-8)7-9(13)14/h5-6,9H,7H2,1-4H3. The lowest BCUT2D eigenvalue weighted by molar-refractivity contribution is 0.00578. The maximum Gasteiger partial charge on any atom is 0.516 e. The zero-order valence-corrected chi connectivity index (χ0v) is 11.0. The van der Waals surface area contributed by atoms with Crippen LogP contribution in [0.2, 0.25) is 0 Å². The molecule has 0 amide bonds. The van der Waals surface area contributed by atoms with E-state index >= 15 is 0 Å². The summed E-state index contributed by atoms with van der Waals surface area (Å²) >= 11 is 0. The second-order valence-corrected chi connectivity index (χ2v) is 5.44. The molecular formula is C11H17BF2N2O2. The molecule has 4 nitrogen and oxygen atoms in total. The van der Waals surface area contributed by atoms with E-state index in [9.17, 15) is 8.78 Å². The van der Waals surface area contributed by atoms with E-state index in [1.165, 1.54) is 10.9 Å². The van der Waals surface area contributed by atoms with Gasteiger partial charge in [-0.1, -0.05) is 0 Å². The van der Waals surface area contributed by atoms with Crippen molar-refractivity contribution in [1.29, 1.82) is 0 Å². The highest BCUT2D eigenvalue weighted by Crippen LogP contribution is 2.36. The van der Waals surface area contributed by atoms with Crippen LogP contribution in [0.5, 0.6) is 0 Å². The molecule has 0 radical (unpaired) electrons. The Morgan fingerprint density at radius 2 is 1.83 bits per heavy atom. The Morgan fingerprint density at radius 1 is 1.28 bits per heavy atom. The molecule has 1 aromatic heterocycles. The van der Waals surface area contributed by atoms with Crippen molar-refractivity contribution in [1.82, 2.24) is 9.78 Å². The first-order valence-electron chi connectivity index (χ1n) is 5.88. The largest absolute Gasteiger partial charge is 0.516 e. The third-order valence-electron chi connectivity index (χ3n) is 3.48. The molecule has 1 aliphatic heterocycles. The van der Waals surface area contributed by atoms with Crippen molar-refractivity contribution < 1.29 is 18.1 Å². The van der Waals surface area contributed by atoms with E-state index < -0.39 is 31.3 Å². The average Bonchev–Trinajstić information content (AvgIpc) is 2.70. The number of aromatic nitrogens is 2. The maximum atomic E-state index is 12.2. The van der Waals surface area contributed by atoms with Gasteiger partial charge in [0.1, 0.15) is 6.54 Å². The van der Waals surface area contributed by atoms with E-state index in [4.69, 9.17) is 9.31 Å². The Labute approximate surface area is 105 Å². The summed E-state index contributed by atoms with van der Waals surface area (Å²) < 4.78 is 37.2. The first-order chi connectivity index (χ1) is 8.21. The lowest BCUT2D eigenvalue weighted by Gasteiger charge is -2.32. The molecular weight excluding hydrogens is 241 g/mol. The lowest BCUT2D eigenvalue weighted by atomic mass is 9.85. The maximum absolute atomic E-state index is 12.2. The van der Waals surface area contributed by atoms with E-state index in [0.717, 1.165) is 0 Å². The summed E-state index contributed by atoms with van der Waals surface area (Å²) in [5.74, 6) is 0. The number of nitrogens with zero attached hydrogens (tertiary/aromatic N) is 2. The van der Waals surface area contributed by atoms with E-state index in [1.807, 2.05) is 27.7 Å². The lowest BCUT2D eigenvalue weighted by Crippen LogP contribution is -2.41. The van der Waals surface area contributed by atoms with Gasteiger partial charge in [0.15, 0.2) is 0 Å². The summed E-state index contributed by atoms with van der Waals surface area (Å²) in [6.45, 7) is 7.32. The highest BCUT2D eigenvalue weighted by Gasteiger charge is 2.52. The summed E-state index contributed by atoms with van der Waals surface area (Å²) in [6, 6.07) is 1.64. The predicted octanol–water partition coefficient (Wildman–Crippen LogP) is 1.45. The molecule has 0 atom stereocenters. The first kappa shape index (κ1) is 13.5. The number of halogens is 2.